The number of anilines is 1. The van der Waals surface area contributed by atoms with Gasteiger partial charge in [-0.1, -0.05) is 24.3 Å². The molecule has 0 unspecified atom stereocenters. The highest BCUT2D eigenvalue weighted by Gasteiger charge is 2.21. The Morgan fingerprint density at radius 3 is 2.66 bits per heavy atom. The van der Waals surface area contributed by atoms with Crippen molar-refractivity contribution in [3.8, 4) is 11.5 Å². The summed E-state index contributed by atoms with van der Waals surface area (Å²) < 4.78 is 11.2. The van der Waals surface area contributed by atoms with Gasteiger partial charge in [0, 0.05) is 32.7 Å². The van der Waals surface area contributed by atoms with Gasteiger partial charge < -0.3 is 14.4 Å². The van der Waals surface area contributed by atoms with E-state index in [1.54, 1.807) is 18.9 Å². The van der Waals surface area contributed by atoms with Crippen LogP contribution < -0.4 is 14.4 Å². The van der Waals surface area contributed by atoms with Crippen LogP contribution in [0.1, 0.15) is 18.4 Å². The largest absolute Gasteiger partial charge is 0.495 e. The summed E-state index contributed by atoms with van der Waals surface area (Å²) in [4.78, 5) is 18.3. The van der Waals surface area contributed by atoms with Gasteiger partial charge in [0.2, 0.25) is 0 Å². The van der Waals surface area contributed by atoms with Crippen molar-refractivity contribution < 1.29 is 14.3 Å². The predicted molar refractivity (Wildman–Crippen MR) is 117 cm³/mol. The fourth-order valence-corrected chi connectivity index (χ4v) is 5.07. The van der Waals surface area contributed by atoms with Gasteiger partial charge in [-0.15, -0.1) is 11.8 Å². The average Bonchev–Trinajstić information content (AvgIpc) is 2.78. The van der Waals surface area contributed by atoms with E-state index in [9.17, 15) is 4.79 Å². The van der Waals surface area contributed by atoms with E-state index >= 15 is 0 Å². The van der Waals surface area contributed by atoms with Crippen LogP contribution in [0.2, 0.25) is 0 Å². The van der Waals surface area contributed by atoms with E-state index in [2.05, 4.69) is 21.9 Å². The van der Waals surface area contributed by atoms with Gasteiger partial charge in [-0.25, -0.2) is 0 Å². The standard InChI is InChI=1S/C23H28N2O3S/c1-27-20-9-3-2-8-19(20)25-15-13-24(14-16-25)12-11-22(26)28-21-10-4-6-18-7-5-17-29-23(18)21/h2-4,6,8-10H,5,7,11-17H2,1H3. The van der Waals surface area contributed by atoms with E-state index in [0.717, 1.165) is 67.0 Å². The summed E-state index contributed by atoms with van der Waals surface area (Å²) in [6.07, 6.45) is 2.68. The number of aryl methyl sites for hydroxylation is 1. The number of rotatable bonds is 6. The van der Waals surface area contributed by atoms with Crippen LogP contribution in [-0.4, -0.2) is 56.5 Å². The number of esters is 1. The van der Waals surface area contributed by atoms with E-state index in [-0.39, 0.29) is 5.97 Å². The first-order valence-electron chi connectivity index (χ1n) is 10.3. The number of fused-ring (bicyclic) bond motifs is 1. The highest BCUT2D eigenvalue weighted by atomic mass is 32.2. The number of ether oxygens (including phenoxy) is 2. The molecule has 0 aromatic heterocycles. The van der Waals surface area contributed by atoms with E-state index in [1.165, 1.54) is 12.0 Å². The third kappa shape index (κ3) is 4.87. The van der Waals surface area contributed by atoms with E-state index < -0.39 is 0 Å². The number of carbonyl (C=O) groups is 1. The molecule has 0 radical (unpaired) electrons. The Kier molecular flexibility index (Phi) is 6.62. The van der Waals surface area contributed by atoms with Crippen LogP contribution in [0, 0.1) is 0 Å². The lowest BCUT2D eigenvalue weighted by Gasteiger charge is -2.36. The minimum atomic E-state index is -0.142. The lowest BCUT2D eigenvalue weighted by molar-refractivity contribution is -0.134. The summed E-state index contributed by atoms with van der Waals surface area (Å²) in [5.74, 6) is 2.60. The van der Waals surface area contributed by atoms with E-state index in [0.29, 0.717) is 6.42 Å². The molecule has 0 spiro atoms. The van der Waals surface area contributed by atoms with Gasteiger partial charge in [0.25, 0.3) is 0 Å². The molecule has 0 aliphatic carbocycles. The predicted octanol–water partition coefficient (Wildman–Crippen LogP) is 3.85. The van der Waals surface area contributed by atoms with Gasteiger partial charge in [0.05, 0.1) is 24.1 Å². The smallest absolute Gasteiger partial charge is 0.312 e. The lowest BCUT2D eigenvalue weighted by atomic mass is 10.1. The monoisotopic (exact) mass is 412 g/mol. The summed E-state index contributed by atoms with van der Waals surface area (Å²) in [6.45, 7) is 4.46. The molecule has 5 nitrogen and oxygen atoms in total. The molecule has 0 amide bonds. The Labute approximate surface area is 177 Å². The van der Waals surface area contributed by atoms with Gasteiger partial charge in [-0.3, -0.25) is 9.69 Å². The van der Waals surface area contributed by atoms with Crippen LogP contribution in [-0.2, 0) is 11.2 Å². The van der Waals surface area contributed by atoms with Gasteiger partial charge >= 0.3 is 5.97 Å². The van der Waals surface area contributed by atoms with Crippen LogP contribution >= 0.6 is 11.8 Å². The van der Waals surface area contributed by atoms with E-state index in [4.69, 9.17) is 9.47 Å². The van der Waals surface area contributed by atoms with Crippen LogP contribution in [0.5, 0.6) is 11.5 Å². The van der Waals surface area contributed by atoms with Crippen LogP contribution in [0.25, 0.3) is 0 Å². The molecule has 0 atom stereocenters. The minimum Gasteiger partial charge on any atom is -0.495 e. The highest BCUT2D eigenvalue weighted by Crippen LogP contribution is 2.37. The molecule has 1 saturated heterocycles. The topological polar surface area (TPSA) is 42.0 Å². The quantitative estimate of drug-likeness (QED) is 0.530. The summed E-state index contributed by atoms with van der Waals surface area (Å²) in [5.41, 5.74) is 2.44. The Balaban J connectivity index is 1.26. The van der Waals surface area contributed by atoms with Crippen LogP contribution in [0.3, 0.4) is 0 Å². The average molecular weight is 413 g/mol. The normalized spacial score (nSPS) is 16.9. The Bertz CT molecular complexity index is 850. The molecule has 0 N–H and O–H groups in total. The van der Waals surface area contributed by atoms with Crippen molar-refractivity contribution in [1.82, 2.24) is 4.90 Å². The number of methoxy groups -OCH3 is 1. The summed E-state index contributed by atoms with van der Waals surface area (Å²) in [7, 11) is 1.71. The zero-order chi connectivity index (χ0) is 20.1. The second-order valence-electron chi connectivity index (χ2n) is 7.42. The maximum Gasteiger partial charge on any atom is 0.312 e. The molecule has 6 heteroatoms. The van der Waals surface area contributed by atoms with Crippen molar-refractivity contribution in [2.75, 3.05) is 50.5 Å². The number of piperazine rings is 1. The molecule has 154 valence electrons. The van der Waals surface area contributed by atoms with Crippen molar-refractivity contribution in [3.05, 3.63) is 48.0 Å². The maximum atomic E-state index is 12.4. The molecule has 29 heavy (non-hydrogen) atoms. The Morgan fingerprint density at radius 2 is 1.83 bits per heavy atom. The zero-order valence-electron chi connectivity index (χ0n) is 16.9. The van der Waals surface area contributed by atoms with Crippen molar-refractivity contribution in [2.45, 2.75) is 24.2 Å². The van der Waals surface area contributed by atoms with Gasteiger partial charge in [-0.2, -0.15) is 0 Å². The Morgan fingerprint density at radius 1 is 1.03 bits per heavy atom. The molecule has 2 aliphatic rings. The van der Waals surface area contributed by atoms with Crippen LogP contribution in [0.15, 0.2) is 47.4 Å². The minimum absolute atomic E-state index is 0.142. The first-order valence-corrected chi connectivity index (χ1v) is 11.3. The molecule has 2 aliphatic heterocycles. The van der Waals surface area contributed by atoms with Gasteiger partial charge in [-0.05, 0) is 42.4 Å². The summed E-state index contributed by atoms with van der Waals surface area (Å²) >= 11 is 1.80. The zero-order valence-corrected chi connectivity index (χ0v) is 17.7. The number of hydrogen-bond acceptors (Lipinski definition) is 6. The number of thioether (sulfide) groups is 1. The second-order valence-corrected chi connectivity index (χ2v) is 8.53. The number of carbonyl (C=O) groups excluding carboxylic acids is 1. The molecule has 4 rings (SSSR count). The SMILES string of the molecule is COc1ccccc1N1CCN(CCC(=O)Oc2cccc3c2SCCC3)CC1. The molecule has 2 aromatic carbocycles. The molecule has 2 aromatic rings. The number of para-hydroxylation sites is 2. The van der Waals surface area contributed by atoms with Crippen molar-refractivity contribution in [1.29, 1.82) is 0 Å². The van der Waals surface area contributed by atoms with Crippen molar-refractivity contribution >= 4 is 23.4 Å². The molecule has 2 heterocycles. The summed E-state index contributed by atoms with van der Waals surface area (Å²) in [6, 6.07) is 14.2. The maximum absolute atomic E-state index is 12.4. The fourth-order valence-electron chi connectivity index (χ4n) is 3.97. The van der Waals surface area contributed by atoms with Crippen LogP contribution in [0.4, 0.5) is 5.69 Å². The molecule has 0 bridgehead atoms. The number of nitrogens with zero attached hydrogens (tertiary/aromatic N) is 2. The first-order chi connectivity index (χ1) is 14.2. The van der Waals surface area contributed by atoms with Crippen molar-refractivity contribution in [3.63, 3.8) is 0 Å². The second kappa shape index (κ2) is 9.55. The van der Waals surface area contributed by atoms with Gasteiger partial charge in [0.1, 0.15) is 11.5 Å². The van der Waals surface area contributed by atoms with Crippen molar-refractivity contribution in [2.24, 2.45) is 0 Å². The highest BCUT2D eigenvalue weighted by molar-refractivity contribution is 7.99. The first kappa shape index (κ1) is 20.1. The number of hydrogen-bond donors (Lipinski definition) is 0. The fraction of sp³-hybridized carbons (Fsp3) is 0.435. The molecular weight excluding hydrogens is 384 g/mol. The lowest BCUT2D eigenvalue weighted by Crippen LogP contribution is -2.47. The number of benzene rings is 2. The molecule has 0 saturated carbocycles. The molecular formula is C23H28N2O3S. The van der Waals surface area contributed by atoms with Gasteiger partial charge in [0.15, 0.2) is 0 Å². The molecule has 1 fully saturated rings. The third-order valence-corrected chi connectivity index (χ3v) is 6.80. The van der Waals surface area contributed by atoms with E-state index in [1.807, 2.05) is 30.3 Å². The Hall–Kier alpha value is -2.18. The third-order valence-electron chi connectivity index (χ3n) is 5.55. The summed E-state index contributed by atoms with van der Waals surface area (Å²) in [5, 5.41) is 0.